The zero-order chi connectivity index (χ0) is 12.8. The lowest BCUT2D eigenvalue weighted by Gasteiger charge is -2.07. The number of aromatic nitrogens is 1. The number of pyridine rings is 1. The van der Waals surface area contributed by atoms with E-state index >= 15 is 0 Å². The van der Waals surface area contributed by atoms with Gasteiger partial charge in [0, 0.05) is 12.3 Å². The van der Waals surface area contributed by atoms with Crippen LogP contribution < -0.4 is 4.74 Å². The Morgan fingerprint density at radius 1 is 1.22 bits per heavy atom. The number of benzene rings is 1. The van der Waals surface area contributed by atoms with Crippen molar-refractivity contribution in [1.29, 1.82) is 0 Å². The first kappa shape index (κ1) is 12.6. The molecule has 0 fully saturated rings. The SMILES string of the molecule is CCCc1ccc(OCc2ccccn2)cc1F. The van der Waals surface area contributed by atoms with Gasteiger partial charge < -0.3 is 4.74 Å². The minimum atomic E-state index is -0.199. The van der Waals surface area contributed by atoms with Gasteiger partial charge in [0.25, 0.3) is 0 Å². The number of ether oxygens (including phenoxy) is 1. The Labute approximate surface area is 106 Å². The van der Waals surface area contributed by atoms with E-state index in [9.17, 15) is 4.39 Å². The number of hydrogen-bond acceptors (Lipinski definition) is 2. The molecule has 0 saturated heterocycles. The molecular weight excluding hydrogens is 229 g/mol. The first-order chi connectivity index (χ1) is 8.79. The lowest BCUT2D eigenvalue weighted by atomic mass is 10.1. The number of hydrogen-bond donors (Lipinski definition) is 0. The average Bonchev–Trinajstić information content (AvgIpc) is 2.41. The van der Waals surface area contributed by atoms with E-state index < -0.39 is 0 Å². The molecule has 0 bridgehead atoms. The molecular formula is C15H16FNO. The zero-order valence-electron chi connectivity index (χ0n) is 10.4. The van der Waals surface area contributed by atoms with Gasteiger partial charge in [-0.15, -0.1) is 0 Å². The molecule has 0 saturated carbocycles. The Morgan fingerprint density at radius 3 is 2.78 bits per heavy atom. The molecule has 0 aliphatic heterocycles. The molecule has 94 valence electrons. The summed E-state index contributed by atoms with van der Waals surface area (Å²) in [5.74, 6) is 0.341. The predicted octanol–water partition coefficient (Wildman–Crippen LogP) is 3.75. The van der Waals surface area contributed by atoms with E-state index in [0.717, 1.165) is 24.1 Å². The van der Waals surface area contributed by atoms with Crippen LogP contribution in [0.3, 0.4) is 0 Å². The van der Waals surface area contributed by atoms with Crippen LogP contribution in [0.2, 0.25) is 0 Å². The standard InChI is InChI=1S/C15H16FNO/c1-2-5-12-7-8-14(10-15(12)16)18-11-13-6-3-4-9-17-13/h3-4,6-10H,2,5,11H2,1H3. The van der Waals surface area contributed by atoms with E-state index in [1.807, 2.05) is 25.1 Å². The molecule has 0 spiro atoms. The Morgan fingerprint density at radius 2 is 2.11 bits per heavy atom. The lowest BCUT2D eigenvalue weighted by molar-refractivity contribution is 0.299. The first-order valence-corrected chi connectivity index (χ1v) is 6.10. The van der Waals surface area contributed by atoms with Crippen LogP contribution in [-0.2, 0) is 13.0 Å². The fraction of sp³-hybridized carbons (Fsp3) is 0.267. The summed E-state index contributed by atoms with van der Waals surface area (Å²) in [5, 5.41) is 0. The van der Waals surface area contributed by atoms with E-state index in [4.69, 9.17) is 4.74 Å². The highest BCUT2D eigenvalue weighted by Crippen LogP contribution is 2.18. The molecule has 0 atom stereocenters. The Kier molecular flexibility index (Phi) is 4.29. The second-order valence-corrected chi connectivity index (χ2v) is 4.11. The zero-order valence-corrected chi connectivity index (χ0v) is 10.4. The Bertz CT molecular complexity index is 499. The summed E-state index contributed by atoms with van der Waals surface area (Å²) in [6.07, 6.45) is 3.40. The molecule has 2 aromatic rings. The van der Waals surface area contributed by atoms with E-state index in [1.165, 1.54) is 6.07 Å². The van der Waals surface area contributed by atoms with Crippen molar-refractivity contribution < 1.29 is 9.13 Å². The van der Waals surface area contributed by atoms with E-state index in [2.05, 4.69) is 4.98 Å². The molecule has 1 aromatic heterocycles. The van der Waals surface area contributed by atoms with Gasteiger partial charge in [-0.25, -0.2) is 4.39 Å². The fourth-order valence-corrected chi connectivity index (χ4v) is 1.73. The van der Waals surface area contributed by atoms with Gasteiger partial charge in [-0.2, -0.15) is 0 Å². The van der Waals surface area contributed by atoms with Crippen LogP contribution in [-0.4, -0.2) is 4.98 Å². The molecule has 1 heterocycles. The van der Waals surface area contributed by atoms with E-state index in [0.29, 0.717) is 12.4 Å². The molecule has 0 amide bonds. The summed E-state index contributed by atoms with van der Waals surface area (Å²) in [7, 11) is 0. The highest BCUT2D eigenvalue weighted by molar-refractivity contribution is 5.29. The van der Waals surface area contributed by atoms with Gasteiger partial charge in [0.05, 0.1) is 5.69 Å². The van der Waals surface area contributed by atoms with E-state index in [1.54, 1.807) is 18.3 Å². The first-order valence-electron chi connectivity index (χ1n) is 6.10. The van der Waals surface area contributed by atoms with Crippen molar-refractivity contribution in [2.45, 2.75) is 26.4 Å². The maximum Gasteiger partial charge on any atom is 0.130 e. The molecule has 0 aliphatic rings. The Hall–Kier alpha value is -1.90. The summed E-state index contributed by atoms with van der Waals surface area (Å²) >= 11 is 0. The normalized spacial score (nSPS) is 10.3. The quantitative estimate of drug-likeness (QED) is 0.800. The summed E-state index contributed by atoms with van der Waals surface area (Å²) < 4.78 is 19.2. The minimum absolute atomic E-state index is 0.199. The summed E-state index contributed by atoms with van der Waals surface area (Å²) in [6.45, 7) is 2.39. The van der Waals surface area contributed by atoms with Gasteiger partial charge in [0.15, 0.2) is 0 Å². The van der Waals surface area contributed by atoms with Crippen molar-refractivity contribution in [2.24, 2.45) is 0 Å². The van der Waals surface area contributed by atoms with Crippen LogP contribution in [0.1, 0.15) is 24.6 Å². The predicted molar refractivity (Wildman–Crippen MR) is 69.0 cm³/mol. The molecule has 1 aromatic carbocycles. The summed E-state index contributed by atoms with van der Waals surface area (Å²) in [4.78, 5) is 4.14. The largest absolute Gasteiger partial charge is 0.487 e. The topological polar surface area (TPSA) is 22.1 Å². The highest BCUT2D eigenvalue weighted by atomic mass is 19.1. The molecule has 2 rings (SSSR count). The van der Waals surface area contributed by atoms with Gasteiger partial charge in [-0.3, -0.25) is 4.98 Å². The lowest BCUT2D eigenvalue weighted by Crippen LogP contribution is -1.98. The number of nitrogens with zero attached hydrogens (tertiary/aromatic N) is 1. The smallest absolute Gasteiger partial charge is 0.130 e. The van der Waals surface area contributed by atoms with Crippen molar-refractivity contribution in [3.8, 4) is 5.75 Å². The molecule has 18 heavy (non-hydrogen) atoms. The average molecular weight is 245 g/mol. The summed E-state index contributed by atoms with van der Waals surface area (Å²) in [6, 6.07) is 10.7. The van der Waals surface area contributed by atoms with E-state index in [-0.39, 0.29) is 5.82 Å². The molecule has 0 N–H and O–H groups in total. The van der Waals surface area contributed by atoms with Gasteiger partial charge in [-0.1, -0.05) is 25.5 Å². The Balaban J connectivity index is 2.00. The van der Waals surface area contributed by atoms with Crippen molar-refractivity contribution in [3.05, 3.63) is 59.7 Å². The third kappa shape index (κ3) is 3.29. The van der Waals surface area contributed by atoms with Crippen molar-refractivity contribution >= 4 is 0 Å². The number of aryl methyl sites for hydroxylation is 1. The molecule has 2 nitrogen and oxygen atoms in total. The van der Waals surface area contributed by atoms with Crippen LogP contribution >= 0.6 is 0 Å². The van der Waals surface area contributed by atoms with Gasteiger partial charge in [0.1, 0.15) is 18.2 Å². The van der Waals surface area contributed by atoms with Gasteiger partial charge >= 0.3 is 0 Å². The van der Waals surface area contributed by atoms with Crippen LogP contribution in [0.5, 0.6) is 5.75 Å². The highest BCUT2D eigenvalue weighted by Gasteiger charge is 2.04. The second-order valence-electron chi connectivity index (χ2n) is 4.11. The van der Waals surface area contributed by atoms with Crippen LogP contribution in [0, 0.1) is 5.82 Å². The second kappa shape index (κ2) is 6.15. The third-order valence-electron chi connectivity index (χ3n) is 2.66. The van der Waals surface area contributed by atoms with Crippen LogP contribution in [0.15, 0.2) is 42.6 Å². The number of halogens is 1. The van der Waals surface area contributed by atoms with Crippen molar-refractivity contribution in [3.63, 3.8) is 0 Å². The maximum atomic E-state index is 13.7. The third-order valence-corrected chi connectivity index (χ3v) is 2.66. The minimum Gasteiger partial charge on any atom is -0.487 e. The van der Waals surface area contributed by atoms with Gasteiger partial charge in [-0.05, 0) is 30.2 Å². The molecule has 0 aliphatic carbocycles. The molecule has 3 heteroatoms. The van der Waals surface area contributed by atoms with Crippen molar-refractivity contribution in [1.82, 2.24) is 4.98 Å². The maximum absolute atomic E-state index is 13.7. The molecule has 0 unspecified atom stereocenters. The summed E-state index contributed by atoms with van der Waals surface area (Å²) in [5.41, 5.74) is 1.57. The van der Waals surface area contributed by atoms with Crippen LogP contribution in [0.4, 0.5) is 4.39 Å². The van der Waals surface area contributed by atoms with Gasteiger partial charge in [0.2, 0.25) is 0 Å². The molecule has 0 radical (unpaired) electrons. The van der Waals surface area contributed by atoms with Crippen LogP contribution in [0.25, 0.3) is 0 Å². The van der Waals surface area contributed by atoms with Crippen molar-refractivity contribution in [2.75, 3.05) is 0 Å². The monoisotopic (exact) mass is 245 g/mol. The number of rotatable bonds is 5. The fourth-order valence-electron chi connectivity index (χ4n) is 1.73.